The number of ether oxygens (including phenoxy) is 1. The fourth-order valence-electron chi connectivity index (χ4n) is 1.46. The van der Waals surface area contributed by atoms with Crippen molar-refractivity contribution in [3.8, 4) is 5.75 Å². The predicted octanol–water partition coefficient (Wildman–Crippen LogP) is 3.70. The molecule has 0 saturated heterocycles. The van der Waals surface area contributed by atoms with Gasteiger partial charge in [-0.1, -0.05) is 35.0 Å². The van der Waals surface area contributed by atoms with Gasteiger partial charge in [0.2, 0.25) is 0 Å². The molecule has 1 rings (SSSR count). The van der Waals surface area contributed by atoms with Crippen LogP contribution in [-0.4, -0.2) is 16.9 Å². The number of para-hydroxylation sites is 1. The zero-order valence-electron chi connectivity index (χ0n) is 9.98. The Morgan fingerprint density at radius 3 is 2.76 bits per heavy atom. The average Bonchev–Trinajstić information content (AvgIpc) is 2.29. The summed E-state index contributed by atoms with van der Waals surface area (Å²) in [5, 5.41) is 11.8. The number of nitrogens with zero attached hydrogens (tertiary/aromatic N) is 1. The van der Waals surface area contributed by atoms with Crippen LogP contribution in [0.1, 0.15) is 18.9 Å². The number of hydrogen-bond donors (Lipinski definition) is 0. The van der Waals surface area contributed by atoms with Crippen LogP contribution in [0, 0.1) is 23.0 Å². The standard InChI is InChI=1S/C12H16BrNO3/c1-3-10(7-13)8-17-11-6-4-5-9(2)12(11)14(15)16/h4-6,10H,3,7-8H2,1-2H3. The number of halogens is 1. The van der Waals surface area contributed by atoms with Gasteiger partial charge < -0.3 is 4.74 Å². The van der Waals surface area contributed by atoms with Crippen LogP contribution in [0.2, 0.25) is 0 Å². The first-order chi connectivity index (χ1) is 8.10. The van der Waals surface area contributed by atoms with E-state index in [0.717, 1.165) is 11.8 Å². The van der Waals surface area contributed by atoms with Crippen molar-refractivity contribution in [1.82, 2.24) is 0 Å². The molecule has 0 aromatic heterocycles. The van der Waals surface area contributed by atoms with Crippen LogP contribution < -0.4 is 4.74 Å². The molecular weight excluding hydrogens is 286 g/mol. The highest BCUT2D eigenvalue weighted by Gasteiger charge is 2.18. The summed E-state index contributed by atoms with van der Waals surface area (Å²) in [5.41, 5.74) is 0.691. The van der Waals surface area contributed by atoms with E-state index in [2.05, 4.69) is 22.9 Å². The van der Waals surface area contributed by atoms with Crippen molar-refractivity contribution in [3.05, 3.63) is 33.9 Å². The highest BCUT2D eigenvalue weighted by molar-refractivity contribution is 9.09. The van der Waals surface area contributed by atoms with Gasteiger partial charge in [0.15, 0.2) is 5.75 Å². The number of aryl methyl sites for hydroxylation is 1. The molecule has 1 aromatic carbocycles. The molecule has 1 atom stereocenters. The summed E-state index contributed by atoms with van der Waals surface area (Å²) >= 11 is 3.40. The summed E-state index contributed by atoms with van der Waals surface area (Å²) in [6, 6.07) is 5.13. The van der Waals surface area contributed by atoms with E-state index in [1.807, 2.05) is 0 Å². The lowest BCUT2D eigenvalue weighted by Crippen LogP contribution is -2.13. The molecule has 0 amide bonds. The molecule has 0 N–H and O–H groups in total. The normalized spacial score (nSPS) is 12.2. The van der Waals surface area contributed by atoms with E-state index in [0.29, 0.717) is 23.8 Å². The van der Waals surface area contributed by atoms with Crippen LogP contribution in [0.4, 0.5) is 5.69 Å². The van der Waals surface area contributed by atoms with Crippen LogP contribution in [0.25, 0.3) is 0 Å². The number of hydrogen-bond acceptors (Lipinski definition) is 3. The van der Waals surface area contributed by atoms with E-state index in [1.54, 1.807) is 25.1 Å². The highest BCUT2D eigenvalue weighted by Crippen LogP contribution is 2.30. The fraction of sp³-hybridized carbons (Fsp3) is 0.500. The molecule has 94 valence electrons. The summed E-state index contributed by atoms with van der Waals surface area (Å²) in [4.78, 5) is 10.6. The number of nitro benzene ring substituents is 1. The molecule has 0 spiro atoms. The minimum absolute atomic E-state index is 0.0666. The number of alkyl halides is 1. The van der Waals surface area contributed by atoms with Gasteiger partial charge in [0.05, 0.1) is 11.5 Å². The molecule has 4 nitrogen and oxygen atoms in total. The molecule has 0 fully saturated rings. The van der Waals surface area contributed by atoms with E-state index < -0.39 is 0 Å². The van der Waals surface area contributed by atoms with Gasteiger partial charge in [-0.15, -0.1) is 0 Å². The molecule has 0 aliphatic heterocycles. The topological polar surface area (TPSA) is 52.4 Å². The molecule has 1 aromatic rings. The quantitative estimate of drug-likeness (QED) is 0.457. The molecular formula is C12H16BrNO3. The summed E-state index contributed by atoms with van der Waals surface area (Å²) < 4.78 is 5.55. The fourth-order valence-corrected chi connectivity index (χ4v) is 2.11. The van der Waals surface area contributed by atoms with Crippen molar-refractivity contribution >= 4 is 21.6 Å². The zero-order chi connectivity index (χ0) is 12.8. The molecule has 0 aliphatic carbocycles. The van der Waals surface area contributed by atoms with Crippen molar-refractivity contribution in [1.29, 1.82) is 0 Å². The van der Waals surface area contributed by atoms with Gasteiger partial charge in [0, 0.05) is 16.8 Å². The Bertz CT molecular complexity index is 391. The van der Waals surface area contributed by atoms with E-state index in [4.69, 9.17) is 4.74 Å². The Morgan fingerprint density at radius 1 is 1.53 bits per heavy atom. The minimum atomic E-state index is -0.389. The molecule has 0 heterocycles. The zero-order valence-corrected chi connectivity index (χ0v) is 11.6. The average molecular weight is 302 g/mol. The maximum Gasteiger partial charge on any atom is 0.313 e. The van der Waals surface area contributed by atoms with E-state index in [-0.39, 0.29) is 10.6 Å². The lowest BCUT2D eigenvalue weighted by Gasteiger charge is -2.13. The lowest BCUT2D eigenvalue weighted by atomic mass is 10.1. The summed E-state index contributed by atoms with van der Waals surface area (Å²) in [5.74, 6) is 0.726. The van der Waals surface area contributed by atoms with Gasteiger partial charge in [-0.05, 0) is 19.4 Å². The van der Waals surface area contributed by atoms with Crippen molar-refractivity contribution in [2.24, 2.45) is 5.92 Å². The van der Waals surface area contributed by atoms with Gasteiger partial charge >= 0.3 is 5.69 Å². The Labute approximate surface area is 109 Å². The number of nitro groups is 1. The molecule has 0 saturated carbocycles. The molecule has 0 radical (unpaired) electrons. The predicted molar refractivity (Wildman–Crippen MR) is 70.9 cm³/mol. The first-order valence-corrected chi connectivity index (χ1v) is 6.65. The van der Waals surface area contributed by atoms with Gasteiger partial charge in [-0.3, -0.25) is 10.1 Å². The third kappa shape index (κ3) is 3.70. The van der Waals surface area contributed by atoms with Crippen molar-refractivity contribution in [2.75, 3.05) is 11.9 Å². The first kappa shape index (κ1) is 14.0. The van der Waals surface area contributed by atoms with Crippen molar-refractivity contribution < 1.29 is 9.66 Å². The maximum atomic E-state index is 10.9. The first-order valence-electron chi connectivity index (χ1n) is 5.52. The number of benzene rings is 1. The van der Waals surface area contributed by atoms with E-state index in [1.165, 1.54) is 0 Å². The summed E-state index contributed by atoms with van der Waals surface area (Å²) in [6.07, 6.45) is 0.977. The van der Waals surface area contributed by atoms with Crippen LogP contribution in [0.3, 0.4) is 0 Å². The maximum absolute atomic E-state index is 10.9. The van der Waals surface area contributed by atoms with Gasteiger partial charge in [0.1, 0.15) is 0 Å². The number of rotatable bonds is 6. The van der Waals surface area contributed by atoms with Crippen LogP contribution in [0.5, 0.6) is 5.75 Å². The molecule has 17 heavy (non-hydrogen) atoms. The van der Waals surface area contributed by atoms with Crippen molar-refractivity contribution in [2.45, 2.75) is 20.3 Å². The Hall–Kier alpha value is -1.10. The largest absolute Gasteiger partial charge is 0.486 e. The summed E-state index contributed by atoms with van der Waals surface area (Å²) in [6.45, 7) is 4.28. The highest BCUT2D eigenvalue weighted by atomic mass is 79.9. The van der Waals surface area contributed by atoms with Gasteiger partial charge in [-0.2, -0.15) is 0 Å². The molecule has 1 unspecified atom stereocenters. The molecule has 0 aliphatic rings. The SMILES string of the molecule is CCC(CBr)COc1cccc(C)c1[N+](=O)[O-]. The third-order valence-corrected chi connectivity index (χ3v) is 3.57. The van der Waals surface area contributed by atoms with Crippen LogP contribution >= 0.6 is 15.9 Å². The molecule has 0 bridgehead atoms. The Kier molecular flexibility index (Phi) is 5.41. The van der Waals surface area contributed by atoms with Crippen LogP contribution in [-0.2, 0) is 0 Å². The van der Waals surface area contributed by atoms with E-state index >= 15 is 0 Å². The second-order valence-corrected chi connectivity index (χ2v) is 4.57. The second-order valence-electron chi connectivity index (χ2n) is 3.92. The van der Waals surface area contributed by atoms with Gasteiger partial charge in [-0.25, -0.2) is 0 Å². The monoisotopic (exact) mass is 301 g/mol. The summed E-state index contributed by atoms with van der Waals surface area (Å²) in [7, 11) is 0. The Morgan fingerprint density at radius 2 is 2.24 bits per heavy atom. The van der Waals surface area contributed by atoms with Crippen LogP contribution in [0.15, 0.2) is 18.2 Å². The third-order valence-electron chi connectivity index (χ3n) is 2.65. The molecule has 5 heteroatoms. The van der Waals surface area contributed by atoms with Gasteiger partial charge in [0.25, 0.3) is 0 Å². The smallest absolute Gasteiger partial charge is 0.313 e. The minimum Gasteiger partial charge on any atom is -0.486 e. The lowest BCUT2D eigenvalue weighted by molar-refractivity contribution is -0.386. The van der Waals surface area contributed by atoms with Crippen molar-refractivity contribution in [3.63, 3.8) is 0 Å². The Balaban J connectivity index is 2.84. The second kappa shape index (κ2) is 6.59. The van der Waals surface area contributed by atoms with E-state index in [9.17, 15) is 10.1 Å².